The number of carbonyl (C=O) groups excluding carboxylic acids is 1. The molecule has 2 aromatic carbocycles. The standard InChI is InChI=1S/C22H26N6O2/c1-16-7-9-18(10-8-16)22(30)11-12-27(15-22)21(29)17-5-4-6-19(13-17)28-20(14-26(2)3)23-24-25-28/h4-10,13,30H,11-12,14-15H2,1-3H3. The molecule has 8 nitrogen and oxygen atoms in total. The Bertz CT molecular complexity index is 1050. The highest BCUT2D eigenvalue weighted by Crippen LogP contribution is 2.33. The Morgan fingerprint density at radius 2 is 1.97 bits per heavy atom. The maximum atomic E-state index is 13.2. The van der Waals surface area contributed by atoms with Gasteiger partial charge in [-0.2, -0.15) is 4.68 Å². The zero-order valence-electron chi connectivity index (χ0n) is 17.5. The summed E-state index contributed by atoms with van der Waals surface area (Å²) in [5.74, 6) is 0.585. The minimum absolute atomic E-state index is 0.109. The van der Waals surface area contributed by atoms with Gasteiger partial charge in [-0.05, 0) is 61.6 Å². The maximum Gasteiger partial charge on any atom is 0.254 e. The Kier molecular flexibility index (Phi) is 5.36. The first-order valence-electron chi connectivity index (χ1n) is 9.97. The van der Waals surface area contributed by atoms with Crippen LogP contribution in [0.25, 0.3) is 5.69 Å². The molecule has 8 heteroatoms. The van der Waals surface area contributed by atoms with Crippen LogP contribution in [-0.2, 0) is 12.1 Å². The van der Waals surface area contributed by atoms with Crippen LogP contribution in [0.3, 0.4) is 0 Å². The number of hydrogen-bond acceptors (Lipinski definition) is 6. The van der Waals surface area contributed by atoms with Crippen LogP contribution in [0.2, 0.25) is 0 Å². The van der Waals surface area contributed by atoms with E-state index in [1.54, 1.807) is 21.7 Å². The van der Waals surface area contributed by atoms with E-state index in [1.807, 2.05) is 62.3 Å². The number of tetrazole rings is 1. The molecule has 0 bridgehead atoms. The highest BCUT2D eigenvalue weighted by molar-refractivity contribution is 5.95. The highest BCUT2D eigenvalue weighted by atomic mass is 16.3. The van der Waals surface area contributed by atoms with E-state index in [0.717, 1.165) is 16.8 Å². The lowest BCUT2D eigenvalue weighted by atomic mass is 9.92. The Labute approximate surface area is 175 Å². The Morgan fingerprint density at radius 3 is 2.70 bits per heavy atom. The number of nitrogens with zero attached hydrogens (tertiary/aromatic N) is 6. The molecule has 0 saturated carbocycles. The third-order valence-corrected chi connectivity index (χ3v) is 5.45. The summed E-state index contributed by atoms with van der Waals surface area (Å²) in [5, 5.41) is 23.0. The van der Waals surface area contributed by atoms with Gasteiger partial charge in [0.1, 0.15) is 5.60 Å². The molecular formula is C22H26N6O2. The van der Waals surface area contributed by atoms with Crippen molar-refractivity contribution in [2.45, 2.75) is 25.5 Å². The van der Waals surface area contributed by atoms with Crippen molar-refractivity contribution in [3.05, 3.63) is 71.0 Å². The van der Waals surface area contributed by atoms with Gasteiger partial charge in [0.25, 0.3) is 5.91 Å². The molecule has 156 valence electrons. The lowest BCUT2D eigenvalue weighted by molar-refractivity contribution is 0.0417. The minimum atomic E-state index is -1.02. The normalized spacial score (nSPS) is 18.9. The number of rotatable bonds is 5. The number of aromatic nitrogens is 4. The quantitative estimate of drug-likeness (QED) is 0.695. The molecule has 0 radical (unpaired) electrons. The molecule has 0 spiro atoms. The first-order valence-corrected chi connectivity index (χ1v) is 9.97. The van der Waals surface area contributed by atoms with Crippen LogP contribution in [0, 0.1) is 6.92 Å². The van der Waals surface area contributed by atoms with Crippen LogP contribution in [0.5, 0.6) is 0 Å². The molecule has 1 fully saturated rings. The molecule has 1 aromatic heterocycles. The molecule has 30 heavy (non-hydrogen) atoms. The van der Waals surface area contributed by atoms with E-state index in [1.165, 1.54) is 0 Å². The third-order valence-electron chi connectivity index (χ3n) is 5.45. The van der Waals surface area contributed by atoms with Crippen LogP contribution in [0.1, 0.15) is 33.7 Å². The van der Waals surface area contributed by atoms with Crippen molar-refractivity contribution in [1.82, 2.24) is 30.0 Å². The molecule has 1 aliphatic heterocycles. The van der Waals surface area contributed by atoms with E-state index in [2.05, 4.69) is 15.5 Å². The fourth-order valence-corrected chi connectivity index (χ4v) is 3.81. The van der Waals surface area contributed by atoms with E-state index in [4.69, 9.17) is 0 Å². The van der Waals surface area contributed by atoms with Crippen molar-refractivity contribution < 1.29 is 9.90 Å². The number of benzene rings is 2. The Hall–Kier alpha value is -3.10. The summed E-state index contributed by atoms with van der Waals surface area (Å²) in [6.07, 6.45) is 0.515. The average Bonchev–Trinajstić information content (AvgIpc) is 3.35. The average molecular weight is 406 g/mol. The highest BCUT2D eigenvalue weighted by Gasteiger charge is 2.39. The van der Waals surface area contributed by atoms with E-state index in [9.17, 15) is 9.90 Å². The van der Waals surface area contributed by atoms with E-state index in [0.29, 0.717) is 30.9 Å². The Morgan fingerprint density at radius 1 is 1.20 bits per heavy atom. The second-order valence-electron chi connectivity index (χ2n) is 8.17. The summed E-state index contributed by atoms with van der Waals surface area (Å²) in [5.41, 5.74) is 2.25. The fraction of sp³-hybridized carbons (Fsp3) is 0.364. The van der Waals surface area contributed by atoms with Gasteiger partial charge in [-0.25, -0.2) is 0 Å². The monoisotopic (exact) mass is 406 g/mol. The van der Waals surface area contributed by atoms with Crippen LogP contribution in [-0.4, -0.2) is 68.2 Å². The summed E-state index contributed by atoms with van der Waals surface area (Å²) < 4.78 is 1.64. The van der Waals surface area contributed by atoms with E-state index in [-0.39, 0.29) is 12.5 Å². The molecule has 0 aliphatic carbocycles. The number of aryl methyl sites for hydroxylation is 1. The van der Waals surface area contributed by atoms with Crippen LogP contribution in [0.15, 0.2) is 48.5 Å². The predicted molar refractivity (Wildman–Crippen MR) is 112 cm³/mol. The van der Waals surface area contributed by atoms with Crippen molar-refractivity contribution in [3.63, 3.8) is 0 Å². The number of amides is 1. The third kappa shape index (κ3) is 3.96. The molecule has 1 amide bonds. The molecule has 3 aromatic rings. The SMILES string of the molecule is Cc1ccc(C2(O)CCN(C(=O)c3cccc(-n4nnnc4CN(C)C)c3)C2)cc1. The summed E-state index contributed by atoms with van der Waals surface area (Å²) in [4.78, 5) is 16.8. The van der Waals surface area contributed by atoms with Crippen LogP contribution < -0.4 is 0 Å². The van der Waals surface area contributed by atoms with E-state index < -0.39 is 5.60 Å². The fourth-order valence-electron chi connectivity index (χ4n) is 3.81. The summed E-state index contributed by atoms with van der Waals surface area (Å²) in [6.45, 7) is 3.38. The van der Waals surface area contributed by atoms with Crippen LogP contribution >= 0.6 is 0 Å². The van der Waals surface area contributed by atoms with Gasteiger partial charge in [0.15, 0.2) is 5.82 Å². The number of hydrogen-bond donors (Lipinski definition) is 1. The summed E-state index contributed by atoms with van der Waals surface area (Å²) in [6, 6.07) is 15.1. The molecule has 4 rings (SSSR count). The number of likely N-dealkylation sites (tertiary alicyclic amines) is 1. The van der Waals surface area contributed by atoms with E-state index >= 15 is 0 Å². The van der Waals surface area contributed by atoms with Gasteiger partial charge in [0.2, 0.25) is 0 Å². The van der Waals surface area contributed by atoms with Crippen molar-refractivity contribution in [3.8, 4) is 5.69 Å². The minimum Gasteiger partial charge on any atom is -0.383 e. The van der Waals surface area contributed by atoms with Gasteiger partial charge in [0, 0.05) is 12.1 Å². The Balaban J connectivity index is 1.54. The molecule has 2 heterocycles. The van der Waals surface area contributed by atoms with Gasteiger partial charge >= 0.3 is 0 Å². The summed E-state index contributed by atoms with van der Waals surface area (Å²) in [7, 11) is 3.89. The van der Waals surface area contributed by atoms with Crippen molar-refractivity contribution in [1.29, 1.82) is 0 Å². The van der Waals surface area contributed by atoms with Gasteiger partial charge in [-0.15, -0.1) is 5.10 Å². The number of carbonyl (C=O) groups is 1. The molecule has 1 unspecified atom stereocenters. The zero-order chi connectivity index (χ0) is 21.3. The topological polar surface area (TPSA) is 87.4 Å². The van der Waals surface area contributed by atoms with Crippen molar-refractivity contribution in [2.75, 3.05) is 27.2 Å². The van der Waals surface area contributed by atoms with Gasteiger partial charge < -0.3 is 14.9 Å². The van der Waals surface area contributed by atoms with Crippen molar-refractivity contribution in [2.24, 2.45) is 0 Å². The first-order chi connectivity index (χ1) is 14.4. The number of β-amino-alcohol motifs (C(OH)–C–C–N with tert-alkyl or cyclic N) is 1. The first kappa shape index (κ1) is 20.2. The zero-order valence-corrected chi connectivity index (χ0v) is 17.5. The second-order valence-corrected chi connectivity index (χ2v) is 8.17. The predicted octanol–water partition coefficient (Wildman–Crippen LogP) is 1.77. The van der Waals surface area contributed by atoms with Gasteiger partial charge in [-0.1, -0.05) is 35.9 Å². The molecule has 1 aliphatic rings. The second kappa shape index (κ2) is 7.97. The molecule has 1 saturated heterocycles. The molecule has 1 atom stereocenters. The summed E-state index contributed by atoms with van der Waals surface area (Å²) >= 11 is 0. The molecule has 1 N–H and O–H groups in total. The number of aliphatic hydroxyl groups is 1. The van der Waals surface area contributed by atoms with Crippen molar-refractivity contribution >= 4 is 5.91 Å². The largest absolute Gasteiger partial charge is 0.383 e. The lowest BCUT2D eigenvalue weighted by Crippen LogP contribution is -2.34. The van der Waals surface area contributed by atoms with Gasteiger partial charge in [-0.3, -0.25) is 4.79 Å². The van der Waals surface area contributed by atoms with Crippen LogP contribution in [0.4, 0.5) is 0 Å². The van der Waals surface area contributed by atoms with Gasteiger partial charge in [0.05, 0.1) is 18.8 Å². The maximum absolute atomic E-state index is 13.2. The molecular weight excluding hydrogens is 380 g/mol. The lowest BCUT2D eigenvalue weighted by Gasteiger charge is -2.24. The smallest absolute Gasteiger partial charge is 0.254 e.